The standard InChI is InChI=1S/C16H19N3O2S/c1-22-12-16(20)19-9-13-5-4-8-18(13)10-14(11-19)21-15-6-2-3-7-17-15/h2-8,14H,9-12H2,1H3. The first-order valence-corrected chi connectivity index (χ1v) is 8.64. The number of ether oxygens (including phenoxy) is 1. The Kier molecular flexibility index (Phi) is 4.68. The van der Waals surface area contributed by atoms with E-state index in [0.29, 0.717) is 24.7 Å². The summed E-state index contributed by atoms with van der Waals surface area (Å²) in [5.41, 5.74) is 1.14. The van der Waals surface area contributed by atoms with Crippen LogP contribution in [0.3, 0.4) is 0 Å². The minimum absolute atomic E-state index is 0.102. The van der Waals surface area contributed by atoms with Crippen molar-refractivity contribution >= 4 is 17.7 Å². The zero-order valence-corrected chi connectivity index (χ0v) is 13.3. The average Bonchev–Trinajstić information content (AvgIpc) is 2.87. The van der Waals surface area contributed by atoms with E-state index in [1.54, 1.807) is 18.0 Å². The summed E-state index contributed by atoms with van der Waals surface area (Å²) in [6, 6.07) is 9.67. The van der Waals surface area contributed by atoms with Gasteiger partial charge in [-0.25, -0.2) is 4.98 Å². The molecule has 0 saturated heterocycles. The molecule has 0 radical (unpaired) electrons. The Morgan fingerprint density at radius 3 is 3.05 bits per heavy atom. The van der Waals surface area contributed by atoms with E-state index in [-0.39, 0.29) is 12.0 Å². The molecule has 0 fully saturated rings. The molecule has 116 valence electrons. The van der Waals surface area contributed by atoms with E-state index in [1.165, 1.54) is 0 Å². The average molecular weight is 317 g/mol. The highest BCUT2D eigenvalue weighted by Gasteiger charge is 2.25. The fourth-order valence-corrected chi connectivity index (χ4v) is 3.05. The second-order valence-electron chi connectivity index (χ2n) is 5.27. The third-order valence-electron chi connectivity index (χ3n) is 3.65. The van der Waals surface area contributed by atoms with Gasteiger partial charge in [0.05, 0.1) is 25.4 Å². The van der Waals surface area contributed by atoms with E-state index < -0.39 is 0 Å². The second-order valence-corrected chi connectivity index (χ2v) is 6.13. The molecule has 3 rings (SSSR count). The number of fused-ring (bicyclic) bond motifs is 1. The molecule has 2 aromatic rings. The number of amides is 1. The number of pyridine rings is 1. The zero-order valence-electron chi connectivity index (χ0n) is 12.5. The van der Waals surface area contributed by atoms with Gasteiger partial charge in [-0.2, -0.15) is 11.8 Å². The molecule has 0 spiro atoms. The number of rotatable bonds is 4. The summed E-state index contributed by atoms with van der Waals surface area (Å²) in [6.45, 7) is 1.94. The smallest absolute Gasteiger partial charge is 0.233 e. The molecule has 2 aromatic heterocycles. The number of hydrogen-bond acceptors (Lipinski definition) is 4. The van der Waals surface area contributed by atoms with Crippen molar-refractivity contribution < 1.29 is 9.53 Å². The molecule has 0 saturated carbocycles. The molecule has 1 amide bonds. The molecule has 0 aliphatic carbocycles. The Labute approximate surface area is 134 Å². The van der Waals surface area contributed by atoms with Gasteiger partial charge in [-0.1, -0.05) is 6.07 Å². The number of hydrogen-bond donors (Lipinski definition) is 0. The van der Waals surface area contributed by atoms with Crippen molar-refractivity contribution in [1.82, 2.24) is 14.5 Å². The van der Waals surface area contributed by atoms with Crippen LogP contribution in [0.2, 0.25) is 0 Å². The van der Waals surface area contributed by atoms with Crippen molar-refractivity contribution in [3.05, 3.63) is 48.4 Å². The lowest BCUT2D eigenvalue weighted by Crippen LogP contribution is -2.39. The number of thioether (sulfide) groups is 1. The first-order valence-electron chi connectivity index (χ1n) is 7.24. The molecule has 5 nitrogen and oxygen atoms in total. The third kappa shape index (κ3) is 3.44. The molecular formula is C16H19N3O2S. The van der Waals surface area contributed by atoms with Crippen LogP contribution in [0.5, 0.6) is 5.88 Å². The fourth-order valence-electron chi connectivity index (χ4n) is 2.62. The van der Waals surface area contributed by atoms with Gasteiger partial charge in [-0.3, -0.25) is 4.79 Å². The normalized spacial score (nSPS) is 17.7. The predicted molar refractivity (Wildman–Crippen MR) is 86.9 cm³/mol. The van der Waals surface area contributed by atoms with Gasteiger partial charge in [-0.05, 0) is 24.5 Å². The van der Waals surface area contributed by atoms with Crippen molar-refractivity contribution in [3.8, 4) is 5.88 Å². The highest BCUT2D eigenvalue weighted by Crippen LogP contribution is 2.18. The quantitative estimate of drug-likeness (QED) is 0.866. The van der Waals surface area contributed by atoms with E-state index in [4.69, 9.17) is 4.74 Å². The molecule has 6 heteroatoms. The molecular weight excluding hydrogens is 298 g/mol. The van der Waals surface area contributed by atoms with Crippen molar-refractivity contribution in [2.24, 2.45) is 0 Å². The monoisotopic (exact) mass is 317 g/mol. The van der Waals surface area contributed by atoms with Crippen LogP contribution in [-0.4, -0.2) is 45.0 Å². The number of aromatic nitrogens is 2. The maximum atomic E-state index is 12.3. The van der Waals surface area contributed by atoms with Crippen LogP contribution in [0.1, 0.15) is 5.69 Å². The largest absolute Gasteiger partial charge is 0.471 e. The lowest BCUT2D eigenvalue weighted by molar-refractivity contribution is -0.130. The van der Waals surface area contributed by atoms with E-state index in [0.717, 1.165) is 12.2 Å². The molecule has 1 atom stereocenters. The molecule has 1 aliphatic rings. The Hall–Kier alpha value is -1.95. The molecule has 1 aliphatic heterocycles. The minimum atomic E-state index is -0.102. The maximum absolute atomic E-state index is 12.3. The van der Waals surface area contributed by atoms with E-state index in [1.807, 2.05) is 41.6 Å². The highest BCUT2D eigenvalue weighted by molar-refractivity contribution is 7.99. The molecule has 0 bridgehead atoms. The third-order valence-corrected chi connectivity index (χ3v) is 4.18. The Morgan fingerprint density at radius 1 is 1.36 bits per heavy atom. The van der Waals surface area contributed by atoms with Crippen molar-refractivity contribution in [2.75, 3.05) is 18.6 Å². The molecule has 1 unspecified atom stereocenters. The van der Waals surface area contributed by atoms with Gasteiger partial charge in [-0.15, -0.1) is 0 Å². The van der Waals surface area contributed by atoms with Crippen LogP contribution in [0.15, 0.2) is 42.7 Å². The van der Waals surface area contributed by atoms with Crippen LogP contribution in [0, 0.1) is 0 Å². The van der Waals surface area contributed by atoms with Crippen LogP contribution in [0.4, 0.5) is 0 Å². The summed E-state index contributed by atoms with van der Waals surface area (Å²) in [5, 5.41) is 0. The Balaban J connectivity index is 1.79. The summed E-state index contributed by atoms with van der Waals surface area (Å²) in [5.74, 6) is 1.24. The first-order chi connectivity index (χ1) is 10.8. The SMILES string of the molecule is CSCC(=O)N1Cc2cccn2CC(Oc2ccccn2)C1. The van der Waals surface area contributed by atoms with E-state index in [9.17, 15) is 4.79 Å². The summed E-state index contributed by atoms with van der Waals surface area (Å²) in [6.07, 6.45) is 5.59. The lowest BCUT2D eigenvalue weighted by Gasteiger charge is -2.24. The van der Waals surface area contributed by atoms with E-state index in [2.05, 4.69) is 15.6 Å². The number of carbonyl (C=O) groups is 1. The number of carbonyl (C=O) groups excluding carboxylic acids is 1. The van der Waals surface area contributed by atoms with E-state index >= 15 is 0 Å². The second kappa shape index (κ2) is 6.87. The van der Waals surface area contributed by atoms with Crippen LogP contribution in [0.25, 0.3) is 0 Å². The topological polar surface area (TPSA) is 47.4 Å². The molecule has 22 heavy (non-hydrogen) atoms. The first kappa shape index (κ1) is 15.0. The van der Waals surface area contributed by atoms with Crippen LogP contribution in [-0.2, 0) is 17.9 Å². The van der Waals surface area contributed by atoms with Crippen molar-refractivity contribution in [3.63, 3.8) is 0 Å². The lowest BCUT2D eigenvalue weighted by atomic mass is 10.3. The van der Waals surface area contributed by atoms with Gasteiger partial charge in [0.2, 0.25) is 11.8 Å². The van der Waals surface area contributed by atoms with Gasteiger partial charge in [0, 0.05) is 24.2 Å². The van der Waals surface area contributed by atoms with Gasteiger partial charge in [0.25, 0.3) is 0 Å². The highest BCUT2D eigenvalue weighted by atomic mass is 32.2. The Bertz CT molecular complexity index is 629. The fraction of sp³-hybridized carbons (Fsp3) is 0.375. The molecule has 0 N–H and O–H groups in total. The molecule has 0 aromatic carbocycles. The zero-order chi connectivity index (χ0) is 15.4. The summed E-state index contributed by atoms with van der Waals surface area (Å²) >= 11 is 1.55. The molecule has 3 heterocycles. The van der Waals surface area contributed by atoms with Gasteiger partial charge >= 0.3 is 0 Å². The maximum Gasteiger partial charge on any atom is 0.233 e. The number of nitrogens with zero attached hydrogens (tertiary/aromatic N) is 3. The summed E-state index contributed by atoms with van der Waals surface area (Å²) in [7, 11) is 0. The Morgan fingerprint density at radius 2 is 2.27 bits per heavy atom. The minimum Gasteiger partial charge on any atom is -0.471 e. The summed E-state index contributed by atoms with van der Waals surface area (Å²) in [4.78, 5) is 18.4. The predicted octanol–water partition coefficient (Wildman–Crippen LogP) is 2.04. The van der Waals surface area contributed by atoms with Gasteiger partial charge in [0.15, 0.2) is 0 Å². The van der Waals surface area contributed by atoms with Crippen LogP contribution < -0.4 is 4.74 Å². The summed E-state index contributed by atoms with van der Waals surface area (Å²) < 4.78 is 8.14. The van der Waals surface area contributed by atoms with Crippen LogP contribution >= 0.6 is 11.8 Å². The van der Waals surface area contributed by atoms with Crippen molar-refractivity contribution in [2.45, 2.75) is 19.2 Å². The van der Waals surface area contributed by atoms with Gasteiger partial charge < -0.3 is 14.2 Å². The van der Waals surface area contributed by atoms with Crippen molar-refractivity contribution in [1.29, 1.82) is 0 Å². The van der Waals surface area contributed by atoms with Gasteiger partial charge in [0.1, 0.15) is 6.10 Å².